The van der Waals surface area contributed by atoms with Gasteiger partial charge in [0.25, 0.3) is 5.91 Å². The fraction of sp³-hybridized carbons (Fsp3) is 0.435. The Labute approximate surface area is 173 Å². The predicted molar refractivity (Wildman–Crippen MR) is 115 cm³/mol. The van der Waals surface area contributed by atoms with Crippen LogP contribution in [0, 0.1) is 6.92 Å². The van der Waals surface area contributed by atoms with Gasteiger partial charge in [0.2, 0.25) is 0 Å². The van der Waals surface area contributed by atoms with Crippen LogP contribution < -0.4 is 14.8 Å². The van der Waals surface area contributed by atoms with Gasteiger partial charge in [0.1, 0.15) is 11.5 Å². The molecule has 4 nitrogen and oxygen atoms in total. The van der Waals surface area contributed by atoms with Gasteiger partial charge in [0.05, 0.1) is 18.2 Å². The third-order valence-corrected chi connectivity index (χ3v) is 5.15. The second-order valence-corrected chi connectivity index (χ2v) is 7.69. The van der Waals surface area contributed by atoms with Gasteiger partial charge in [-0.3, -0.25) is 4.79 Å². The van der Waals surface area contributed by atoms with Gasteiger partial charge in [-0.2, -0.15) is 0 Å². The molecule has 0 aliphatic heterocycles. The SMILES string of the molecule is CC[C@@H](Oc1ccccc1Cl)C(=O)N[C@H](C)c1cc(C(C)C)c(OC)cc1C. The van der Waals surface area contributed by atoms with Gasteiger partial charge in [-0.1, -0.05) is 44.5 Å². The molecule has 2 rings (SSSR count). The summed E-state index contributed by atoms with van der Waals surface area (Å²) in [6.07, 6.45) is -0.0618. The van der Waals surface area contributed by atoms with Gasteiger partial charge >= 0.3 is 0 Å². The number of amides is 1. The molecule has 0 aromatic heterocycles. The largest absolute Gasteiger partial charge is 0.496 e. The van der Waals surface area contributed by atoms with Crippen LogP contribution in [0.4, 0.5) is 0 Å². The van der Waals surface area contributed by atoms with E-state index in [1.54, 1.807) is 19.2 Å². The number of carbonyl (C=O) groups is 1. The molecule has 0 saturated heterocycles. The van der Waals surface area contributed by atoms with E-state index in [-0.39, 0.29) is 11.9 Å². The lowest BCUT2D eigenvalue weighted by atomic mass is 9.93. The Kier molecular flexibility index (Phi) is 7.76. The van der Waals surface area contributed by atoms with Crippen LogP contribution in [0.2, 0.25) is 5.02 Å². The monoisotopic (exact) mass is 403 g/mol. The Balaban J connectivity index is 2.18. The molecule has 2 aromatic carbocycles. The van der Waals surface area contributed by atoms with E-state index in [0.717, 1.165) is 22.4 Å². The van der Waals surface area contributed by atoms with Crippen molar-refractivity contribution in [1.29, 1.82) is 0 Å². The lowest BCUT2D eigenvalue weighted by Gasteiger charge is -2.24. The summed E-state index contributed by atoms with van der Waals surface area (Å²) < 4.78 is 11.4. The highest BCUT2D eigenvalue weighted by molar-refractivity contribution is 6.32. The number of carbonyl (C=O) groups excluding carboxylic acids is 1. The fourth-order valence-corrected chi connectivity index (χ4v) is 3.39. The van der Waals surface area contributed by atoms with E-state index in [0.29, 0.717) is 23.1 Å². The Bertz CT molecular complexity index is 819. The molecule has 0 bridgehead atoms. The second kappa shape index (κ2) is 9.83. The first kappa shape index (κ1) is 22.1. The zero-order chi connectivity index (χ0) is 20.8. The highest BCUT2D eigenvalue weighted by Gasteiger charge is 2.23. The number of rotatable bonds is 8. The topological polar surface area (TPSA) is 47.6 Å². The maximum atomic E-state index is 12.8. The molecule has 0 radical (unpaired) electrons. The number of hydrogen-bond donors (Lipinski definition) is 1. The van der Waals surface area contributed by atoms with Crippen LogP contribution >= 0.6 is 11.6 Å². The number of aryl methyl sites for hydroxylation is 1. The van der Waals surface area contributed by atoms with E-state index in [1.807, 2.05) is 39.0 Å². The molecular weight excluding hydrogens is 374 g/mol. The van der Waals surface area contributed by atoms with Crippen LogP contribution in [0.5, 0.6) is 11.5 Å². The maximum absolute atomic E-state index is 12.8. The molecule has 0 heterocycles. The molecule has 0 saturated carbocycles. The minimum absolute atomic E-state index is 0.153. The molecule has 28 heavy (non-hydrogen) atoms. The average molecular weight is 404 g/mol. The Morgan fingerprint density at radius 3 is 2.36 bits per heavy atom. The van der Waals surface area contributed by atoms with Crippen molar-refractivity contribution in [3.05, 3.63) is 58.1 Å². The fourth-order valence-electron chi connectivity index (χ4n) is 3.21. The third kappa shape index (κ3) is 5.20. The van der Waals surface area contributed by atoms with E-state index in [4.69, 9.17) is 21.1 Å². The van der Waals surface area contributed by atoms with E-state index >= 15 is 0 Å². The minimum atomic E-state index is -0.606. The standard InChI is InChI=1S/C23H30ClNO3/c1-7-20(28-21-11-9-8-10-19(21)24)23(26)25-16(5)18-13-17(14(2)3)22(27-6)12-15(18)4/h8-14,16,20H,7H2,1-6H3,(H,25,26)/t16-,20-/m1/s1. The van der Waals surface area contributed by atoms with Crippen molar-refractivity contribution in [1.82, 2.24) is 5.32 Å². The molecule has 1 N–H and O–H groups in total. The van der Waals surface area contributed by atoms with Crippen LogP contribution in [-0.4, -0.2) is 19.1 Å². The molecule has 2 atom stereocenters. The lowest BCUT2D eigenvalue weighted by Crippen LogP contribution is -2.39. The highest BCUT2D eigenvalue weighted by Crippen LogP contribution is 2.32. The molecule has 0 unspecified atom stereocenters. The smallest absolute Gasteiger partial charge is 0.261 e. The maximum Gasteiger partial charge on any atom is 0.261 e. The molecular formula is C23H30ClNO3. The Morgan fingerprint density at radius 2 is 1.79 bits per heavy atom. The van der Waals surface area contributed by atoms with Gasteiger partial charge in [-0.25, -0.2) is 0 Å². The minimum Gasteiger partial charge on any atom is -0.496 e. The van der Waals surface area contributed by atoms with E-state index in [2.05, 4.69) is 25.2 Å². The van der Waals surface area contributed by atoms with Gasteiger partial charge in [-0.05, 0) is 67.1 Å². The Hall–Kier alpha value is -2.20. The quantitative estimate of drug-likeness (QED) is 0.604. The molecule has 0 aliphatic carbocycles. The van der Waals surface area contributed by atoms with E-state index in [1.165, 1.54) is 0 Å². The van der Waals surface area contributed by atoms with Crippen molar-refractivity contribution < 1.29 is 14.3 Å². The van der Waals surface area contributed by atoms with E-state index in [9.17, 15) is 4.79 Å². The van der Waals surface area contributed by atoms with Gasteiger partial charge in [0, 0.05) is 0 Å². The van der Waals surface area contributed by atoms with Crippen LogP contribution in [0.3, 0.4) is 0 Å². The summed E-state index contributed by atoms with van der Waals surface area (Å²) in [5.74, 6) is 1.56. The summed E-state index contributed by atoms with van der Waals surface area (Å²) >= 11 is 6.16. The van der Waals surface area contributed by atoms with Crippen molar-refractivity contribution in [3.63, 3.8) is 0 Å². The summed E-state index contributed by atoms with van der Waals surface area (Å²) in [5.41, 5.74) is 3.28. The van der Waals surface area contributed by atoms with Crippen molar-refractivity contribution >= 4 is 17.5 Å². The number of nitrogens with one attached hydrogen (secondary N) is 1. The highest BCUT2D eigenvalue weighted by atomic mass is 35.5. The number of para-hydroxylation sites is 1. The lowest BCUT2D eigenvalue weighted by molar-refractivity contribution is -0.128. The summed E-state index contributed by atoms with van der Waals surface area (Å²) in [6.45, 7) is 10.2. The Morgan fingerprint density at radius 1 is 1.11 bits per heavy atom. The second-order valence-electron chi connectivity index (χ2n) is 7.28. The summed E-state index contributed by atoms with van der Waals surface area (Å²) in [5, 5.41) is 3.58. The van der Waals surface area contributed by atoms with Crippen molar-refractivity contribution in [2.24, 2.45) is 0 Å². The molecule has 0 spiro atoms. The predicted octanol–water partition coefficient (Wildman–Crippen LogP) is 5.82. The number of methoxy groups -OCH3 is 1. The van der Waals surface area contributed by atoms with Crippen molar-refractivity contribution in [2.45, 2.75) is 59.1 Å². The zero-order valence-corrected chi connectivity index (χ0v) is 18.3. The first-order valence-corrected chi connectivity index (χ1v) is 10.1. The number of hydrogen-bond acceptors (Lipinski definition) is 3. The molecule has 0 fully saturated rings. The van der Waals surface area contributed by atoms with E-state index < -0.39 is 6.10 Å². The average Bonchev–Trinajstić information content (AvgIpc) is 2.66. The van der Waals surface area contributed by atoms with Crippen molar-refractivity contribution in [2.75, 3.05) is 7.11 Å². The molecule has 152 valence electrons. The van der Waals surface area contributed by atoms with Crippen LogP contribution in [0.15, 0.2) is 36.4 Å². The molecule has 5 heteroatoms. The molecule has 1 amide bonds. The van der Waals surface area contributed by atoms with Crippen LogP contribution in [0.1, 0.15) is 62.8 Å². The summed E-state index contributed by atoms with van der Waals surface area (Å²) in [4.78, 5) is 12.8. The molecule has 0 aliphatic rings. The first-order valence-electron chi connectivity index (χ1n) is 9.68. The molecule has 2 aromatic rings. The van der Waals surface area contributed by atoms with Crippen LogP contribution in [-0.2, 0) is 4.79 Å². The summed E-state index contributed by atoms with van der Waals surface area (Å²) in [7, 11) is 1.68. The number of benzene rings is 2. The van der Waals surface area contributed by atoms with Crippen molar-refractivity contribution in [3.8, 4) is 11.5 Å². The normalized spacial score (nSPS) is 13.1. The number of halogens is 1. The van der Waals surface area contributed by atoms with Gasteiger partial charge < -0.3 is 14.8 Å². The summed E-state index contributed by atoms with van der Waals surface area (Å²) in [6, 6.07) is 11.2. The zero-order valence-electron chi connectivity index (χ0n) is 17.5. The van der Waals surface area contributed by atoms with Crippen LogP contribution in [0.25, 0.3) is 0 Å². The first-order chi connectivity index (χ1) is 13.3. The number of ether oxygens (including phenoxy) is 2. The third-order valence-electron chi connectivity index (χ3n) is 4.83. The van der Waals surface area contributed by atoms with Gasteiger partial charge in [0.15, 0.2) is 6.10 Å². The van der Waals surface area contributed by atoms with Gasteiger partial charge in [-0.15, -0.1) is 0 Å².